The van der Waals surface area contributed by atoms with Crippen LogP contribution in [0.15, 0.2) is 59.6 Å². The molecule has 0 aliphatic rings. The summed E-state index contributed by atoms with van der Waals surface area (Å²) >= 11 is 0. The molecule has 1 atom stereocenters. The van der Waals surface area contributed by atoms with Crippen molar-refractivity contribution in [3.8, 4) is 0 Å². The van der Waals surface area contributed by atoms with Gasteiger partial charge in [0.25, 0.3) is 0 Å². The number of nitrogens with zero attached hydrogens (tertiary/aromatic N) is 1. The van der Waals surface area contributed by atoms with Crippen LogP contribution in [-0.4, -0.2) is 28.1 Å². The Morgan fingerprint density at radius 1 is 1.00 bits per heavy atom. The maximum absolute atomic E-state index is 12.9. The van der Waals surface area contributed by atoms with Gasteiger partial charge in [0.15, 0.2) is 0 Å². The summed E-state index contributed by atoms with van der Waals surface area (Å²) in [6.45, 7) is 3.62. The van der Waals surface area contributed by atoms with E-state index in [4.69, 9.17) is 0 Å². The minimum absolute atomic E-state index is 0.118. The van der Waals surface area contributed by atoms with E-state index in [0.29, 0.717) is 16.8 Å². The summed E-state index contributed by atoms with van der Waals surface area (Å²) in [5, 5.41) is 0.756. The number of benzene rings is 2. The van der Waals surface area contributed by atoms with Crippen LogP contribution in [0.3, 0.4) is 0 Å². The van der Waals surface area contributed by atoms with Gasteiger partial charge in [0, 0.05) is 23.3 Å². The summed E-state index contributed by atoms with van der Waals surface area (Å²) in [6, 6.07) is 12.9. The molecule has 0 amide bonds. The van der Waals surface area contributed by atoms with E-state index in [0.717, 1.165) is 17.2 Å². The van der Waals surface area contributed by atoms with Crippen LogP contribution in [0, 0.1) is 6.92 Å². The van der Waals surface area contributed by atoms with Gasteiger partial charge in [0.05, 0.1) is 11.8 Å². The molecule has 0 aliphatic carbocycles. The number of anilines is 1. The zero-order valence-electron chi connectivity index (χ0n) is 15.7. The molecule has 0 aliphatic heterocycles. The van der Waals surface area contributed by atoms with Crippen LogP contribution in [0.25, 0.3) is 10.9 Å². The van der Waals surface area contributed by atoms with E-state index in [-0.39, 0.29) is 4.90 Å². The van der Waals surface area contributed by atoms with Crippen LogP contribution in [-0.2, 0) is 20.0 Å². The molecule has 9 heteroatoms. The molecule has 148 valence electrons. The number of pyridine rings is 1. The summed E-state index contributed by atoms with van der Waals surface area (Å²) in [6.07, 6.45) is 2.70. The van der Waals surface area contributed by atoms with E-state index in [1.165, 1.54) is 6.07 Å². The largest absolute Gasteiger partial charge is 0.284 e. The van der Waals surface area contributed by atoms with Crippen molar-refractivity contribution in [2.75, 3.05) is 11.0 Å². The van der Waals surface area contributed by atoms with Gasteiger partial charge >= 0.3 is 0 Å². The normalized spacial score (nSPS) is 13.4. The maximum Gasteiger partial charge on any atom is 0.243 e. The fourth-order valence-corrected chi connectivity index (χ4v) is 4.85. The summed E-state index contributed by atoms with van der Waals surface area (Å²) in [7, 11) is -7.18. The summed E-state index contributed by atoms with van der Waals surface area (Å²) in [5.74, 6) is 0. The molecule has 28 heavy (non-hydrogen) atoms. The smallest absolute Gasteiger partial charge is 0.243 e. The quantitative estimate of drug-likeness (QED) is 0.639. The van der Waals surface area contributed by atoms with Crippen LogP contribution in [0.1, 0.15) is 24.1 Å². The maximum atomic E-state index is 12.9. The first-order valence-electron chi connectivity index (χ1n) is 8.51. The summed E-state index contributed by atoms with van der Waals surface area (Å²) in [4.78, 5) is 4.41. The molecule has 0 fully saturated rings. The van der Waals surface area contributed by atoms with Crippen LogP contribution < -0.4 is 9.44 Å². The summed E-state index contributed by atoms with van der Waals surface area (Å²) < 4.78 is 53.4. The monoisotopic (exact) mass is 419 g/mol. The van der Waals surface area contributed by atoms with Crippen LogP contribution in [0.4, 0.5) is 5.69 Å². The van der Waals surface area contributed by atoms with E-state index < -0.39 is 26.1 Å². The zero-order valence-corrected chi connectivity index (χ0v) is 17.3. The Labute approximate surface area is 164 Å². The number of fused-ring (bicyclic) bond motifs is 1. The van der Waals surface area contributed by atoms with Crippen LogP contribution >= 0.6 is 0 Å². The van der Waals surface area contributed by atoms with E-state index >= 15 is 0 Å². The lowest BCUT2D eigenvalue weighted by Crippen LogP contribution is -2.27. The lowest BCUT2D eigenvalue weighted by atomic mass is 10.1. The Kier molecular flexibility index (Phi) is 5.42. The van der Waals surface area contributed by atoms with Gasteiger partial charge in [-0.15, -0.1) is 0 Å². The highest BCUT2D eigenvalue weighted by Crippen LogP contribution is 2.24. The van der Waals surface area contributed by atoms with E-state index in [9.17, 15) is 16.8 Å². The number of aryl methyl sites for hydroxylation is 1. The minimum Gasteiger partial charge on any atom is -0.284 e. The predicted molar refractivity (Wildman–Crippen MR) is 110 cm³/mol. The predicted octanol–water partition coefficient (Wildman–Crippen LogP) is 2.95. The molecule has 1 heterocycles. The zero-order chi connectivity index (χ0) is 20.5. The van der Waals surface area contributed by atoms with Crippen molar-refractivity contribution in [3.05, 3.63) is 65.9 Å². The Bertz CT molecular complexity index is 1220. The van der Waals surface area contributed by atoms with Crippen molar-refractivity contribution in [1.29, 1.82) is 0 Å². The molecule has 3 rings (SSSR count). The fourth-order valence-electron chi connectivity index (χ4n) is 2.88. The van der Waals surface area contributed by atoms with Crippen molar-refractivity contribution in [2.45, 2.75) is 24.8 Å². The SMILES string of the molecule is Cc1cnc2c(S(=O)(=O)N[C@H](C)c3ccc(NS(C)(=O)=O)cc3)cccc2c1. The lowest BCUT2D eigenvalue weighted by Gasteiger charge is -2.16. The minimum atomic E-state index is -3.81. The van der Waals surface area contributed by atoms with Crippen molar-refractivity contribution in [1.82, 2.24) is 9.71 Å². The number of nitrogens with one attached hydrogen (secondary N) is 2. The van der Waals surface area contributed by atoms with Gasteiger partial charge < -0.3 is 0 Å². The highest BCUT2D eigenvalue weighted by Gasteiger charge is 2.21. The number of aromatic nitrogens is 1. The fraction of sp³-hybridized carbons (Fsp3) is 0.211. The molecule has 0 saturated carbocycles. The van der Waals surface area contributed by atoms with Gasteiger partial charge in [0.2, 0.25) is 20.0 Å². The van der Waals surface area contributed by atoms with Crippen molar-refractivity contribution in [3.63, 3.8) is 0 Å². The molecule has 2 N–H and O–H groups in total. The van der Waals surface area contributed by atoms with Crippen molar-refractivity contribution >= 4 is 36.6 Å². The molecule has 7 nitrogen and oxygen atoms in total. The van der Waals surface area contributed by atoms with Crippen molar-refractivity contribution < 1.29 is 16.8 Å². The lowest BCUT2D eigenvalue weighted by molar-refractivity contribution is 0.567. The highest BCUT2D eigenvalue weighted by molar-refractivity contribution is 7.92. The Morgan fingerprint density at radius 3 is 2.32 bits per heavy atom. The second-order valence-corrected chi connectivity index (χ2v) is 10.1. The van der Waals surface area contributed by atoms with Crippen LogP contribution in [0.2, 0.25) is 0 Å². The third-order valence-electron chi connectivity index (χ3n) is 4.15. The molecule has 2 aromatic carbocycles. The average Bonchev–Trinajstić information content (AvgIpc) is 2.59. The Hall–Kier alpha value is -2.49. The third kappa shape index (κ3) is 4.67. The molecule has 0 saturated heterocycles. The van der Waals surface area contributed by atoms with Crippen molar-refractivity contribution in [2.24, 2.45) is 0 Å². The molecule has 0 spiro atoms. The first-order chi connectivity index (χ1) is 13.0. The van der Waals surface area contributed by atoms with Crippen LogP contribution in [0.5, 0.6) is 0 Å². The third-order valence-corrected chi connectivity index (χ3v) is 6.32. The van der Waals surface area contributed by atoms with Gasteiger partial charge in [-0.05, 0) is 49.2 Å². The highest BCUT2D eigenvalue weighted by atomic mass is 32.2. The molecule has 0 bridgehead atoms. The number of rotatable bonds is 6. The molecule has 3 aromatic rings. The average molecular weight is 420 g/mol. The van der Waals surface area contributed by atoms with Gasteiger partial charge in [-0.1, -0.05) is 24.3 Å². The topological polar surface area (TPSA) is 105 Å². The van der Waals surface area contributed by atoms with Gasteiger partial charge in [-0.3, -0.25) is 9.71 Å². The molecule has 0 radical (unpaired) electrons. The molecule has 1 aromatic heterocycles. The molecular formula is C19H21N3O4S2. The van der Waals surface area contributed by atoms with Gasteiger partial charge in [-0.2, -0.15) is 0 Å². The summed E-state index contributed by atoms with van der Waals surface area (Å²) in [5.41, 5.74) is 2.48. The first-order valence-corrected chi connectivity index (χ1v) is 11.9. The Morgan fingerprint density at radius 2 is 1.68 bits per heavy atom. The number of hydrogen-bond acceptors (Lipinski definition) is 5. The van der Waals surface area contributed by atoms with E-state index in [1.54, 1.807) is 43.5 Å². The molecular weight excluding hydrogens is 398 g/mol. The second-order valence-electron chi connectivity index (χ2n) is 6.68. The number of sulfonamides is 2. The van der Waals surface area contributed by atoms with Gasteiger partial charge in [0.1, 0.15) is 4.90 Å². The first kappa shape index (κ1) is 20.2. The number of hydrogen-bond donors (Lipinski definition) is 2. The Balaban J connectivity index is 1.86. The van der Waals surface area contributed by atoms with Gasteiger partial charge in [-0.25, -0.2) is 21.6 Å². The second kappa shape index (κ2) is 7.50. The standard InChI is InChI=1S/C19H21N3O4S2/c1-13-11-16-5-4-6-18(19(16)20-12-13)28(25,26)21-14(2)15-7-9-17(10-8-15)22-27(3,23)24/h4-12,14,21-22H,1-3H3/t14-/m1/s1. The van der Waals surface area contributed by atoms with E-state index in [1.807, 2.05) is 19.1 Å². The van der Waals surface area contributed by atoms with E-state index in [2.05, 4.69) is 14.4 Å². The number of para-hydroxylation sites is 1. The molecule has 0 unspecified atom stereocenters.